The summed E-state index contributed by atoms with van der Waals surface area (Å²) in [4.78, 5) is 18.6. The van der Waals surface area contributed by atoms with Crippen LogP contribution < -0.4 is 15.0 Å². The number of hydrogen-bond donors (Lipinski definition) is 1. The molecule has 1 aromatic heterocycles. The molecule has 138 valence electrons. The maximum atomic E-state index is 12.1. The lowest BCUT2D eigenvalue weighted by Crippen LogP contribution is -2.19. The number of benzene rings is 1. The zero-order chi connectivity index (χ0) is 18.6. The average Bonchev–Trinajstić information content (AvgIpc) is 3.10. The minimum Gasteiger partial charge on any atom is -0.406 e. The Morgan fingerprint density at radius 1 is 1.12 bits per heavy atom. The molecule has 0 radical (unpaired) electrons. The molecule has 0 spiro atoms. The molecule has 1 aliphatic heterocycles. The van der Waals surface area contributed by atoms with Crippen LogP contribution in [-0.2, 0) is 11.2 Å². The normalized spacial score (nSPS) is 14.3. The van der Waals surface area contributed by atoms with Gasteiger partial charge in [-0.2, -0.15) is 0 Å². The molecule has 5 nitrogen and oxygen atoms in total. The van der Waals surface area contributed by atoms with E-state index in [0.29, 0.717) is 11.3 Å². The minimum atomic E-state index is -4.73. The number of halogens is 3. The Bertz CT molecular complexity index is 740. The van der Waals surface area contributed by atoms with E-state index < -0.39 is 6.36 Å². The highest BCUT2D eigenvalue weighted by molar-refractivity contribution is 5.92. The summed E-state index contributed by atoms with van der Waals surface area (Å²) >= 11 is 0. The molecule has 1 amide bonds. The number of alkyl halides is 3. The number of aromatic nitrogens is 1. The molecule has 8 heteroatoms. The van der Waals surface area contributed by atoms with Crippen LogP contribution in [0, 0.1) is 0 Å². The minimum absolute atomic E-state index is 0.0418. The first-order valence-corrected chi connectivity index (χ1v) is 8.25. The number of pyridine rings is 1. The van der Waals surface area contributed by atoms with Crippen LogP contribution in [0.2, 0.25) is 0 Å². The van der Waals surface area contributed by atoms with Crippen LogP contribution in [-0.4, -0.2) is 30.3 Å². The van der Waals surface area contributed by atoms with Crippen LogP contribution in [0.25, 0.3) is 0 Å². The third-order valence-electron chi connectivity index (χ3n) is 3.98. The number of hydrogen-bond acceptors (Lipinski definition) is 4. The van der Waals surface area contributed by atoms with Gasteiger partial charge in [-0.3, -0.25) is 4.79 Å². The second-order valence-electron chi connectivity index (χ2n) is 6.02. The van der Waals surface area contributed by atoms with Crippen molar-refractivity contribution < 1.29 is 22.7 Å². The van der Waals surface area contributed by atoms with Crippen LogP contribution in [0.5, 0.6) is 5.75 Å². The van der Waals surface area contributed by atoms with Gasteiger partial charge >= 0.3 is 6.36 Å². The fourth-order valence-corrected chi connectivity index (χ4v) is 2.79. The van der Waals surface area contributed by atoms with Crippen molar-refractivity contribution in [1.29, 1.82) is 0 Å². The zero-order valence-corrected chi connectivity index (χ0v) is 13.9. The topological polar surface area (TPSA) is 54.5 Å². The van der Waals surface area contributed by atoms with Crippen molar-refractivity contribution in [1.82, 2.24) is 4.98 Å². The highest BCUT2D eigenvalue weighted by Gasteiger charge is 2.30. The van der Waals surface area contributed by atoms with E-state index in [1.807, 2.05) is 6.07 Å². The molecule has 1 aliphatic rings. The average molecular weight is 365 g/mol. The Morgan fingerprint density at radius 2 is 1.81 bits per heavy atom. The van der Waals surface area contributed by atoms with Crippen molar-refractivity contribution in [3.63, 3.8) is 0 Å². The standard InChI is InChI=1S/C18H18F3N3O2/c19-18(20,21)26-15-6-3-13(4-7-15)11-17(25)23-14-5-8-16(22-12-14)24-9-1-2-10-24/h3-8,12H,1-2,9-11H2,(H,23,25). The largest absolute Gasteiger partial charge is 0.573 e. The Morgan fingerprint density at radius 3 is 2.38 bits per heavy atom. The summed E-state index contributed by atoms with van der Waals surface area (Å²) in [5.41, 5.74) is 1.16. The predicted octanol–water partition coefficient (Wildman–Crippen LogP) is 3.76. The molecule has 0 atom stereocenters. The summed E-state index contributed by atoms with van der Waals surface area (Å²) in [6, 6.07) is 8.87. The molecule has 0 aliphatic carbocycles. The number of rotatable bonds is 5. The lowest BCUT2D eigenvalue weighted by molar-refractivity contribution is -0.274. The summed E-state index contributed by atoms with van der Waals surface area (Å²) in [5.74, 6) is 0.300. The fraction of sp³-hybridized carbons (Fsp3) is 0.333. The molecule has 3 rings (SSSR count). The van der Waals surface area contributed by atoms with Crippen LogP contribution in [0.1, 0.15) is 18.4 Å². The van der Waals surface area contributed by atoms with E-state index in [1.54, 1.807) is 12.3 Å². The third kappa shape index (κ3) is 5.11. The monoisotopic (exact) mass is 365 g/mol. The Labute approximate surface area is 148 Å². The van der Waals surface area contributed by atoms with E-state index >= 15 is 0 Å². The fourth-order valence-electron chi connectivity index (χ4n) is 2.79. The number of carbonyl (C=O) groups excluding carboxylic acids is 1. The van der Waals surface area contributed by atoms with Crippen molar-refractivity contribution in [2.75, 3.05) is 23.3 Å². The van der Waals surface area contributed by atoms with E-state index in [2.05, 4.69) is 19.9 Å². The van der Waals surface area contributed by atoms with Crippen LogP contribution in [0.15, 0.2) is 42.6 Å². The summed E-state index contributed by atoms with van der Waals surface area (Å²) in [6.45, 7) is 1.99. The first-order valence-electron chi connectivity index (χ1n) is 8.25. The van der Waals surface area contributed by atoms with Gasteiger partial charge < -0.3 is 15.0 Å². The van der Waals surface area contributed by atoms with Gasteiger partial charge in [0, 0.05) is 13.1 Å². The Kier molecular flexibility index (Phi) is 5.29. The van der Waals surface area contributed by atoms with Gasteiger partial charge in [-0.1, -0.05) is 12.1 Å². The summed E-state index contributed by atoms with van der Waals surface area (Å²) in [5, 5.41) is 2.73. The first-order chi connectivity index (χ1) is 12.4. The zero-order valence-electron chi connectivity index (χ0n) is 13.9. The molecule has 1 fully saturated rings. The van der Waals surface area contributed by atoms with Gasteiger partial charge in [0.1, 0.15) is 11.6 Å². The highest BCUT2D eigenvalue weighted by atomic mass is 19.4. The first kappa shape index (κ1) is 18.0. The third-order valence-corrected chi connectivity index (χ3v) is 3.98. The molecule has 1 aromatic carbocycles. The van der Waals surface area contributed by atoms with Gasteiger partial charge in [-0.25, -0.2) is 4.98 Å². The van der Waals surface area contributed by atoms with Gasteiger partial charge in [0.05, 0.1) is 18.3 Å². The number of ether oxygens (including phenoxy) is 1. The number of nitrogens with one attached hydrogen (secondary N) is 1. The Hall–Kier alpha value is -2.77. The second kappa shape index (κ2) is 7.63. The highest BCUT2D eigenvalue weighted by Crippen LogP contribution is 2.23. The molecule has 1 N–H and O–H groups in total. The number of anilines is 2. The quantitative estimate of drug-likeness (QED) is 0.877. The van der Waals surface area contributed by atoms with Crippen LogP contribution in [0.3, 0.4) is 0 Å². The molecule has 0 bridgehead atoms. The van der Waals surface area contributed by atoms with Crippen LogP contribution in [0.4, 0.5) is 24.7 Å². The SMILES string of the molecule is O=C(Cc1ccc(OC(F)(F)F)cc1)Nc1ccc(N2CCCC2)nc1. The smallest absolute Gasteiger partial charge is 0.406 e. The number of nitrogens with zero attached hydrogens (tertiary/aromatic N) is 2. The van der Waals surface area contributed by atoms with Crippen molar-refractivity contribution in [2.24, 2.45) is 0 Å². The van der Waals surface area contributed by atoms with Gasteiger partial charge in [-0.05, 0) is 42.7 Å². The van der Waals surface area contributed by atoms with Crippen molar-refractivity contribution in [3.8, 4) is 5.75 Å². The molecule has 0 saturated carbocycles. The summed E-state index contributed by atoms with van der Waals surface area (Å²) in [7, 11) is 0. The summed E-state index contributed by atoms with van der Waals surface area (Å²) < 4.78 is 40.2. The molecule has 0 unspecified atom stereocenters. The maximum Gasteiger partial charge on any atom is 0.573 e. The van der Waals surface area contributed by atoms with E-state index in [1.165, 1.54) is 24.3 Å². The lowest BCUT2D eigenvalue weighted by atomic mass is 10.1. The number of amides is 1. The van der Waals surface area contributed by atoms with Crippen LogP contribution >= 0.6 is 0 Å². The predicted molar refractivity (Wildman–Crippen MR) is 91.1 cm³/mol. The molecule has 2 aromatic rings. The molecule has 1 saturated heterocycles. The van der Waals surface area contributed by atoms with Crippen molar-refractivity contribution in [2.45, 2.75) is 25.6 Å². The molecular weight excluding hydrogens is 347 g/mol. The number of carbonyl (C=O) groups is 1. The maximum absolute atomic E-state index is 12.1. The van der Waals surface area contributed by atoms with Gasteiger partial charge in [0.15, 0.2) is 0 Å². The van der Waals surface area contributed by atoms with Crippen molar-refractivity contribution >= 4 is 17.4 Å². The Balaban J connectivity index is 1.53. The van der Waals surface area contributed by atoms with Gasteiger partial charge in [0.25, 0.3) is 0 Å². The van der Waals surface area contributed by atoms with Crippen molar-refractivity contribution in [3.05, 3.63) is 48.2 Å². The lowest BCUT2D eigenvalue weighted by Gasteiger charge is -2.16. The summed E-state index contributed by atoms with van der Waals surface area (Å²) in [6.07, 6.45) is -0.765. The molecular formula is C18H18F3N3O2. The van der Waals surface area contributed by atoms with E-state index in [-0.39, 0.29) is 18.1 Å². The second-order valence-corrected chi connectivity index (χ2v) is 6.02. The van der Waals surface area contributed by atoms with E-state index in [4.69, 9.17) is 0 Å². The van der Waals surface area contributed by atoms with E-state index in [0.717, 1.165) is 31.7 Å². The molecule has 26 heavy (non-hydrogen) atoms. The van der Waals surface area contributed by atoms with Gasteiger partial charge in [0.2, 0.25) is 5.91 Å². The van der Waals surface area contributed by atoms with E-state index in [9.17, 15) is 18.0 Å². The molecule has 2 heterocycles. The van der Waals surface area contributed by atoms with Gasteiger partial charge in [-0.15, -0.1) is 13.2 Å².